The van der Waals surface area contributed by atoms with Gasteiger partial charge in [-0.25, -0.2) is 0 Å². The Bertz CT molecular complexity index is 392. The Labute approximate surface area is 88.7 Å². The van der Waals surface area contributed by atoms with Crippen LogP contribution < -0.4 is 10.1 Å². The molecule has 1 aromatic carbocycles. The second-order valence-corrected chi connectivity index (χ2v) is 3.16. The maximum atomic E-state index is 5.21. The van der Waals surface area contributed by atoms with Crippen molar-refractivity contribution in [2.24, 2.45) is 0 Å². The van der Waals surface area contributed by atoms with E-state index in [1.807, 2.05) is 36.4 Å². The van der Waals surface area contributed by atoms with Gasteiger partial charge in [0.05, 0.1) is 19.9 Å². The molecule has 0 bridgehead atoms. The van der Waals surface area contributed by atoms with Gasteiger partial charge in [0.1, 0.15) is 11.5 Å². The normalized spacial score (nSPS) is 9.93. The molecule has 15 heavy (non-hydrogen) atoms. The van der Waals surface area contributed by atoms with Crippen LogP contribution in [0.5, 0.6) is 5.75 Å². The maximum absolute atomic E-state index is 5.21. The molecule has 2 rings (SSSR count). The van der Waals surface area contributed by atoms with Crippen molar-refractivity contribution in [1.29, 1.82) is 0 Å². The van der Waals surface area contributed by atoms with E-state index in [1.165, 1.54) is 0 Å². The molecule has 3 nitrogen and oxygen atoms in total. The average Bonchev–Trinajstić information content (AvgIpc) is 2.80. The average molecular weight is 203 g/mol. The van der Waals surface area contributed by atoms with Crippen molar-refractivity contribution < 1.29 is 9.15 Å². The van der Waals surface area contributed by atoms with Gasteiger partial charge in [0.2, 0.25) is 0 Å². The summed E-state index contributed by atoms with van der Waals surface area (Å²) in [5.41, 5.74) is 1.05. The second kappa shape index (κ2) is 4.55. The Balaban J connectivity index is 1.93. The zero-order chi connectivity index (χ0) is 10.5. The maximum Gasteiger partial charge on any atom is 0.122 e. The van der Waals surface area contributed by atoms with Crippen molar-refractivity contribution in [3.63, 3.8) is 0 Å². The largest absolute Gasteiger partial charge is 0.497 e. The summed E-state index contributed by atoms with van der Waals surface area (Å²) in [6, 6.07) is 11.6. The van der Waals surface area contributed by atoms with Crippen LogP contribution in [0.15, 0.2) is 47.1 Å². The summed E-state index contributed by atoms with van der Waals surface area (Å²) in [5.74, 6) is 1.78. The first-order valence-electron chi connectivity index (χ1n) is 4.79. The van der Waals surface area contributed by atoms with Crippen molar-refractivity contribution >= 4 is 5.69 Å². The molecule has 1 N–H and O–H groups in total. The second-order valence-electron chi connectivity index (χ2n) is 3.16. The van der Waals surface area contributed by atoms with Crippen molar-refractivity contribution in [1.82, 2.24) is 0 Å². The molecule has 0 aliphatic rings. The molecule has 0 unspecified atom stereocenters. The van der Waals surface area contributed by atoms with E-state index in [0.717, 1.165) is 17.2 Å². The Morgan fingerprint density at radius 3 is 2.60 bits per heavy atom. The lowest BCUT2D eigenvalue weighted by molar-refractivity contribution is 0.415. The summed E-state index contributed by atoms with van der Waals surface area (Å²) in [6.07, 6.45) is 1.67. The molecule has 78 valence electrons. The molecule has 0 fully saturated rings. The van der Waals surface area contributed by atoms with Gasteiger partial charge in [-0.1, -0.05) is 0 Å². The van der Waals surface area contributed by atoms with E-state index < -0.39 is 0 Å². The zero-order valence-electron chi connectivity index (χ0n) is 8.57. The van der Waals surface area contributed by atoms with Crippen LogP contribution in [0.1, 0.15) is 5.76 Å². The van der Waals surface area contributed by atoms with Gasteiger partial charge in [-0.15, -0.1) is 0 Å². The van der Waals surface area contributed by atoms with Crippen LogP contribution in [0.3, 0.4) is 0 Å². The van der Waals surface area contributed by atoms with Crippen molar-refractivity contribution in [2.45, 2.75) is 6.54 Å². The molecule has 3 heteroatoms. The Hall–Kier alpha value is -1.90. The fourth-order valence-electron chi connectivity index (χ4n) is 1.31. The van der Waals surface area contributed by atoms with Crippen molar-refractivity contribution in [3.8, 4) is 5.75 Å². The lowest BCUT2D eigenvalue weighted by Gasteiger charge is -2.05. The fourth-order valence-corrected chi connectivity index (χ4v) is 1.31. The number of methoxy groups -OCH3 is 1. The van der Waals surface area contributed by atoms with Crippen LogP contribution in [0, 0.1) is 0 Å². The van der Waals surface area contributed by atoms with Crippen LogP contribution >= 0.6 is 0 Å². The van der Waals surface area contributed by atoms with E-state index in [-0.39, 0.29) is 0 Å². The molecule has 2 aromatic rings. The van der Waals surface area contributed by atoms with Crippen molar-refractivity contribution in [2.75, 3.05) is 12.4 Å². The first kappa shape index (κ1) is 9.65. The highest BCUT2D eigenvalue weighted by molar-refractivity contribution is 5.46. The van der Waals surface area contributed by atoms with Gasteiger partial charge in [-0.2, -0.15) is 0 Å². The monoisotopic (exact) mass is 203 g/mol. The molecule has 1 aromatic heterocycles. The number of hydrogen-bond acceptors (Lipinski definition) is 3. The lowest BCUT2D eigenvalue weighted by atomic mass is 10.3. The minimum atomic E-state index is 0.694. The smallest absolute Gasteiger partial charge is 0.122 e. The van der Waals surface area contributed by atoms with E-state index in [0.29, 0.717) is 6.54 Å². The van der Waals surface area contributed by atoms with Gasteiger partial charge >= 0.3 is 0 Å². The third kappa shape index (κ3) is 2.53. The lowest BCUT2D eigenvalue weighted by Crippen LogP contribution is -1.97. The van der Waals surface area contributed by atoms with E-state index in [1.54, 1.807) is 13.4 Å². The minimum Gasteiger partial charge on any atom is -0.497 e. The number of rotatable bonds is 4. The first-order valence-corrected chi connectivity index (χ1v) is 4.79. The van der Waals surface area contributed by atoms with Gasteiger partial charge in [0.15, 0.2) is 0 Å². The van der Waals surface area contributed by atoms with Gasteiger partial charge in [-0.05, 0) is 36.4 Å². The molecule has 1 heterocycles. The van der Waals surface area contributed by atoms with Gasteiger partial charge < -0.3 is 14.5 Å². The molecule has 0 atom stereocenters. The van der Waals surface area contributed by atoms with Gasteiger partial charge in [-0.3, -0.25) is 0 Å². The van der Waals surface area contributed by atoms with E-state index >= 15 is 0 Å². The van der Waals surface area contributed by atoms with Crippen LogP contribution in [0.2, 0.25) is 0 Å². The Kier molecular flexibility index (Phi) is 2.93. The van der Waals surface area contributed by atoms with E-state index in [4.69, 9.17) is 9.15 Å². The predicted molar refractivity (Wildman–Crippen MR) is 59.0 cm³/mol. The van der Waals surface area contributed by atoms with Crippen LogP contribution in [0.4, 0.5) is 5.69 Å². The predicted octanol–water partition coefficient (Wildman–Crippen LogP) is 2.90. The Morgan fingerprint density at radius 2 is 2.00 bits per heavy atom. The third-order valence-corrected chi connectivity index (χ3v) is 2.14. The summed E-state index contributed by atoms with van der Waals surface area (Å²) in [4.78, 5) is 0. The SMILES string of the molecule is COc1ccc(NCc2ccco2)cc1. The highest BCUT2D eigenvalue weighted by Crippen LogP contribution is 2.15. The number of nitrogens with one attached hydrogen (secondary N) is 1. The zero-order valence-corrected chi connectivity index (χ0v) is 8.57. The highest BCUT2D eigenvalue weighted by Gasteiger charge is 1.96. The highest BCUT2D eigenvalue weighted by atomic mass is 16.5. The van der Waals surface area contributed by atoms with Crippen molar-refractivity contribution in [3.05, 3.63) is 48.4 Å². The molecular formula is C12H13NO2. The molecule has 0 saturated heterocycles. The standard InChI is InChI=1S/C12H13NO2/c1-14-11-6-4-10(5-7-11)13-9-12-3-2-8-15-12/h2-8,13H,9H2,1H3. The van der Waals surface area contributed by atoms with E-state index in [9.17, 15) is 0 Å². The molecule has 0 aliphatic heterocycles. The summed E-state index contributed by atoms with van der Waals surface area (Å²) in [5, 5.41) is 3.25. The molecule has 0 amide bonds. The summed E-state index contributed by atoms with van der Waals surface area (Å²) < 4.78 is 10.3. The van der Waals surface area contributed by atoms with Gasteiger partial charge in [0, 0.05) is 5.69 Å². The Morgan fingerprint density at radius 1 is 1.20 bits per heavy atom. The minimum absolute atomic E-state index is 0.694. The molecule has 0 aliphatic carbocycles. The quantitative estimate of drug-likeness (QED) is 0.829. The topological polar surface area (TPSA) is 34.4 Å². The number of furan rings is 1. The van der Waals surface area contributed by atoms with Crippen LogP contribution in [0.25, 0.3) is 0 Å². The summed E-state index contributed by atoms with van der Waals surface area (Å²) in [6.45, 7) is 0.694. The first-order chi connectivity index (χ1) is 7.38. The van der Waals surface area contributed by atoms with Crippen LogP contribution in [-0.2, 0) is 6.54 Å². The number of benzene rings is 1. The third-order valence-electron chi connectivity index (χ3n) is 2.14. The number of hydrogen-bond donors (Lipinski definition) is 1. The molecular weight excluding hydrogens is 190 g/mol. The number of anilines is 1. The molecule has 0 radical (unpaired) electrons. The van der Waals surface area contributed by atoms with Gasteiger partial charge in [0.25, 0.3) is 0 Å². The summed E-state index contributed by atoms with van der Waals surface area (Å²) in [7, 11) is 1.66. The summed E-state index contributed by atoms with van der Waals surface area (Å²) >= 11 is 0. The molecule has 0 saturated carbocycles. The van der Waals surface area contributed by atoms with Crippen LogP contribution in [-0.4, -0.2) is 7.11 Å². The van der Waals surface area contributed by atoms with E-state index in [2.05, 4.69) is 5.32 Å². The molecule has 0 spiro atoms. The fraction of sp³-hybridized carbons (Fsp3) is 0.167. The number of ether oxygens (including phenoxy) is 1.